The molecule has 1 saturated heterocycles. The van der Waals surface area contributed by atoms with Crippen LogP contribution in [0.15, 0.2) is 18.2 Å². The van der Waals surface area contributed by atoms with Crippen molar-refractivity contribution in [2.24, 2.45) is 0 Å². The standard InChI is InChI=1S/C14H21N3O3/c1-19-13-5-3-4-12(15-13)17-10-8-16(9-11-17)7-6-14(18)20-2/h3-5H,6-11H2,1-2H3. The Bertz CT molecular complexity index is 445. The van der Waals surface area contributed by atoms with E-state index in [2.05, 4.69) is 19.5 Å². The number of hydrogen-bond donors (Lipinski definition) is 0. The summed E-state index contributed by atoms with van der Waals surface area (Å²) in [6, 6.07) is 5.79. The first kappa shape index (κ1) is 14.6. The van der Waals surface area contributed by atoms with Crippen molar-refractivity contribution in [3.8, 4) is 5.88 Å². The summed E-state index contributed by atoms with van der Waals surface area (Å²) >= 11 is 0. The molecule has 0 atom stereocenters. The van der Waals surface area contributed by atoms with E-state index >= 15 is 0 Å². The van der Waals surface area contributed by atoms with E-state index in [4.69, 9.17) is 4.74 Å². The molecule has 0 bridgehead atoms. The highest BCUT2D eigenvalue weighted by atomic mass is 16.5. The van der Waals surface area contributed by atoms with Gasteiger partial charge in [-0.2, -0.15) is 4.98 Å². The number of methoxy groups -OCH3 is 2. The Labute approximate surface area is 119 Å². The number of carbonyl (C=O) groups is 1. The molecular weight excluding hydrogens is 258 g/mol. The largest absolute Gasteiger partial charge is 0.481 e. The van der Waals surface area contributed by atoms with Gasteiger partial charge in [-0.05, 0) is 6.07 Å². The zero-order valence-corrected chi connectivity index (χ0v) is 12.0. The molecule has 0 amide bonds. The molecule has 0 spiro atoms. The van der Waals surface area contributed by atoms with Gasteiger partial charge in [0.1, 0.15) is 5.82 Å². The fraction of sp³-hybridized carbons (Fsp3) is 0.571. The van der Waals surface area contributed by atoms with Crippen LogP contribution in [-0.2, 0) is 9.53 Å². The predicted molar refractivity (Wildman–Crippen MR) is 76.1 cm³/mol. The molecule has 0 aromatic carbocycles. The zero-order valence-electron chi connectivity index (χ0n) is 12.0. The average molecular weight is 279 g/mol. The van der Waals surface area contributed by atoms with E-state index in [0.717, 1.165) is 38.5 Å². The number of pyridine rings is 1. The summed E-state index contributed by atoms with van der Waals surface area (Å²) in [5.41, 5.74) is 0. The molecule has 0 unspecified atom stereocenters. The summed E-state index contributed by atoms with van der Waals surface area (Å²) in [7, 11) is 3.05. The fourth-order valence-electron chi connectivity index (χ4n) is 2.25. The van der Waals surface area contributed by atoms with Gasteiger partial charge in [0, 0.05) is 38.8 Å². The van der Waals surface area contributed by atoms with Gasteiger partial charge in [-0.1, -0.05) is 6.07 Å². The Morgan fingerprint density at radius 1 is 1.25 bits per heavy atom. The van der Waals surface area contributed by atoms with E-state index in [1.54, 1.807) is 7.11 Å². The van der Waals surface area contributed by atoms with Crippen LogP contribution in [0.1, 0.15) is 6.42 Å². The number of hydrogen-bond acceptors (Lipinski definition) is 6. The van der Waals surface area contributed by atoms with Crippen molar-refractivity contribution in [2.75, 3.05) is 51.8 Å². The normalized spacial score (nSPS) is 16.0. The van der Waals surface area contributed by atoms with Crippen LogP contribution in [0.2, 0.25) is 0 Å². The van der Waals surface area contributed by atoms with Gasteiger partial charge in [0.25, 0.3) is 0 Å². The van der Waals surface area contributed by atoms with Gasteiger partial charge in [0.05, 0.1) is 20.6 Å². The summed E-state index contributed by atoms with van der Waals surface area (Å²) < 4.78 is 9.80. The van der Waals surface area contributed by atoms with Crippen molar-refractivity contribution < 1.29 is 14.3 Å². The summed E-state index contributed by atoms with van der Waals surface area (Å²) in [6.45, 7) is 4.42. The first-order chi connectivity index (χ1) is 9.72. The number of aromatic nitrogens is 1. The average Bonchev–Trinajstić information content (AvgIpc) is 2.53. The van der Waals surface area contributed by atoms with Gasteiger partial charge in [-0.3, -0.25) is 9.69 Å². The molecule has 110 valence electrons. The van der Waals surface area contributed by atoms with Crippen LogP contribution in [0.3, 0.4) is 0 Å². The van der Waals surface area contributed by atoms with Gasteiger partial charge in [-0.15, -0.1) is 0 Å². The molecule has 20 heavy (non-hydrogen) atoms. The highest BCUT2D eigenvalue weighted by Gasteiger charge is 2.18. The lowest BCUT2D eigenvalue weighted by atomic mass is 10.3. The highest BCUT2D eigenvalue weighted by molar-refractivity contribution is 5.69. The van der Waals surface area contributed by atoms with Gasteiger partial charge in [0.2, 0.25) is 5.88 Å². The van der Waals surface area contributed by atoms with Crippen LogP contribution in [0.25, 0.3) is 0 Å². The smallest absolute Gasteiger partial charge is 0.306 e. The molecule has 1 aromatic heterocycles. The summed E-state index contributed by atoms with van der Waals surface area (Å²) in [4.78, 5) is 20.1. The van der Waals surface area contributed by atoms with Crippen molar-refractivity contribution in [2.45, 2.75) is 6.42 Å². The molecule has 2 rings (SSSR count). The van der Waals surface area contributed by atoms with E-state index in [1.807, 2.05) is 18.2 Å². The number of rotatable bonds is 5. The van der Waals surface area contributed by atoms with Gasteiger partial charge >= 0.3 is 5.97 Å². The van der Waals surface area contributed by atoms with Gasteiger partial charge in [-0.25, -0.2) is 0 Å². The third kappa shape index (κ3) is 3.84. The summed E-state index contributed by atoms with van der Waals surface area (Å²) in [5.74, 6) is 1.43. The number of piperazine rings is 1. The zero-order chi connectivity index (χ0) is 14.4. The number of ether oxygens (including phenoxy) is 2. The maximum absolute atomic E-state index is 11.1. The van der Waals surface area contributed by atoms with Crippen LogP contribution < -0.4 is 9.64 Å². The molecule has 2 heterocycles. The molecule has 1 aliphatic heterocycles. The Balaban J connectivity index is 1.83. The third-order valence-electron chi connectivity index (χ3n) is 3.47. The lowest BCUT2D eigenvalue weighted by Gasteiger charge is -2.35. The number of carbonyl (C=O) groups excluding carboxylic acids is 1. The van der Waals surface area contributed by atoms with E-state index < -0.39 is 0 Å². The maximum atomic E-state index is 11.1. The molecule has 1 aliphatic rings. The Kier molecular flexibility index (Phi) is 5.17. The molecule has 1 fully saturated rings. The molecule has 6 nitrogen and oxygen atoms in total. The Morgan fingerprint density at radius 3 is 2.65 bits per heavy atom. The van der Waals surface area contributed by atoms with Crippen molar-refractivity contribution in [1.82, 2.24) is 9.88 Å². The summed E-state index contributed by atoms with van der Waals surface area (Å²) in [6.07, 6.45) is 0.452. The maximum Gasteiger partial charge on any atom is 0.306 e. The van der Waals surface area contributed by atoms with Crippen LogP contribution >= 0.6 is 0 Å². The van der Waals surface area contributed by atoms with Crippen molar-refractivity contribution in [1.29, 1.82) is 0 Å². The molecule has 0 aliphatic carbocycles. The molecule has 6 heteroatoms. The van der Waals surface area contributed by atoms with E-state index in [1.165, 1.54) is 7.11 Å². The number of nitrogens with zero attached hydrogens (tertiary/aromatic N) is 3. The van der Waals surface area contributed by atoms with E-state index in [0.29, 0.717) is 12.3 Å². The topological polar surface area (TPSA) is 54.9 Å². The number of anilines is 1. The molecule has 1 aromatic rings. The van der Waals surface area contributed by atoms with Crippen LogP contribution in [-0.4, -0.2) is 62.8 Å². The second-order valence-corrected chi connectivity index (χ2v) is 4.69. The highest BCUT2D eigenvalue weighted by Crippen LogP contribution is 2.17. The summed E-state index contributed by atoms with van der Waals surface area (Å²) in [5, 5.41) is 0. The molecular formula is C14H21N3O3. The quantitative estimate of drug-likeness (QED) is 0.742. The van der Waals surface area contributed by atoms with E-state index in [9.17, 15) is 4.79 Å². The van der Waals surface area contributed by atoms with Crippen molar-refractivity contribution in [3.63, 3.8) is 0 Å². The van der Waals surface area contributed by atoms with Crippen LogP contribution in [0.5, 0.6) is 5.88 Å². The lowest BCUT2D eigenvalue weighted by molar-refractivity contribution is -0.141. The van der Waals surface area contributed by atoms with E-state index in [-0.39, 0.29) is 5.97 Å². The van der Waals surface area contributed by atoms with Gasteiger partial charge in [0.15, 0.2) is 0 Å². The van der Waals surface area contributed by atoms with Gasteiger partial charge < -0.3 is 14.4 Å². The number of esters is 1. The lowest BCUT2D eigenvalue weighted by Crippen LogP contribution is -2.47. The van der Waals surface area contributed by atoms with Crippen LogP contribution in [0.4, 0.5) is 5.82 Å². The van der Waals surface area contributed by atoms with Crippen molar-refractivity contribution >= 4 is 11.8 Å². The minimum absolute atomic E-state index is 0.151. The Hall–Kier alpha value is -1.82. The fourth-order valence-corrected chi connectivity index (χ4v) is 2.25. The first-order valence-electron chi connectivity index (χ1n) is 6.78. The Morgan fingerprint density at radius 2 is 2.00 bits per heavy atom. The molecule has 0 N–H and O–H groups in total. The molecule has 0 saturated carbocycles. The predicted octanol–water partition coefficient (Wildman–Crippen LogP) is 0.775. The second kappa shape index (κ2) is 7.09. The SMILES string of the molecule is COC(=O)CCN1CCN(c2cccc(OC)n2)CC1. The second-order valence-electron chi connectivity index (χ2n) is 4.69. The first-order valence-corrected chi connectivity index (χ1v) is 6.78. The minimum atomic E-state index is -0.151. The van der Waals surface area contributed by atoms with Crippen LogP contribution in [0, 0.1) is 0 Å². The minimum Gasteiger partial charge on any atom is -0.481 e. The molecule has 0 radical (unpaired) electrons. The van der Waals surface area contributed by atoms with Crippen molar-refractivity contribution in [3.05, 3.63) is 18.2 Å². The monoisotopic (exact) mass is 279 g/mol. The third-order valence-corrected chi connectivity index (χ3v) is 3.47.